The van der Waals surface area contributed by atoms with Crippen molar-refractivity contribution < 1.29 is 14.3 Å². The van der Waals surface area contributed by atoms with Crippen LogP contribution in [0.2, 0.25) is 0 Å². The fraction of sp³-hybridized carbons (Fsp3) is 0.143. The van der Waals surface area contributed by atoms with E-state index in [0.717, 1.165) is 12.0 Å². The molecule has 0 unspecified atom stereocenters. The predicted octanol–water partition coefficient (Wildman–Crippen LogP) is 2.17. The van der Waals surface area contributed by atoms with Crippen molar-refractivity contribution in [2.45, 2.75) is 13.3 Å². The molecule has 0 aliphatic carbocycles. The van der Waals surface area contributed by atoms with Gasteiger partial charge in [-0.1, -0.05) is 31.2 Å². The molecule has 0 spiro atoms. The summed E-state index contributed by atoms with van der Waals surface area (Å²) in [6.45, 7) is 2.18. The summed E-state index contributed by atoms with van der Waals surface area (Å²) < 4.78 is 12.1. The summed E-state index contributed by atoms with van der Waals surface area (Å²) in [6, 6.07) is 12.8. The second kappa shape index (κ2) is 6.73. The smallest absolute Gasteiger partial charge is 0.332 e. The van der Waals surface area contributed by atoms with Crippen molar-refractivity contribution in [1.82, 2.24) is 19.5 Å². The van der Waals surface area contributed by atoms with Gasteiger partial charge in [-0.3, -0.25) is 4.79 Å². The third-order valence-electron chi connectivity index (χ3n) is 5.00. The quantitative estimate of drug-likeness (QED) is 0.538. The molecule has 1 aliphatic rings. The monoisotopic (exact) mass is 403 g/mol. The fourth-order valence-corrected chi connectivity index (χ4v) is 3.45. The van der Waals surface area contributed by atoms with Crippen LogP contribution in [0.5, 0.6) is 11.5 Å². The number of aromatic amines is 1. The number of nitrogens with one attached hydrogen (secondary N) is 1. The predicted molar refractivity (Wildman–Crippen MR) is 109 cm³/mol. The number of nitrogens with zero attached hydrogens (tertiary/aromatic N) is 3. The number of imidazole rings is 1. The second-order valence-corrected chi connectivity index (χ2v) is 6.81. The molecule has 30 heavy (non-hydrogen) atoms. The number of nitrogens with two attached hydrogens (primary N) is 1. The maximum absolute atomic E-state index is 12.8. The number of H-pyrrole nitrogens is 1. The first-order valence-electron chi connectivity index (χ1n) is 9.37. The number of rotatable bonds is 4. The van der Waals surface area contributed by atoms with Gasteiger partial charge < -0.3 is 20.2 Å². The Kier molecular flexibility index (Phi) is 4.02. The topological polar surface area (TPSA) is 125 Å². The zero-order chi connectivity index (χ0) is 20.8. The maximum atomic E-state index is 12.8. The summed E-state index contributed by atoms with van der Waals surface area (Å²) >= 11 is 0. The molecule has 4 aromatic rings. The van der Waals surface area contributed by atoms with Crippen LogP contribution in [0.15, 0.2) is 47.3 Å². The molecule has 2 aromatic carbocycles. The molecule has 1 aliphatic heterocycles. The molecule has 2 aromatic heterocycles. The average molecular weight is 403 g/mol. The summed E-state index contributed by atoms with van der Waals surface area (Å²) in [5, 5.41) is 0. The number of aromatic nitrogens is 4. The molecule has 5 rings (SSSR count). The molecule has 9 nitrogen and oxygen atoms in total. The van der Waals surface area contributed by atoms with Crippen LogP contribution in [0.1, 0.15) is 23.0 Å². The molecular weight excluding hydrogens is 386 g/mol. The molecule has 3 heterocycles. The highest BCUT2D eigenvalue weighted by Crippen LogP contribution is 2.34. The lowest BCUT2D eigenvalue weighted by Gasteiger charge is -2.07. The third kappa shape index (κ3) is 2.79. The van der Waals surface area contributed by atoms with Crippen molar-refractivity contribution in [1.29, 1.82) is 0 Å². The molecule has 3 N–H and O–H groups in total. The van der Waals surface area contributed by atoms with Crippen molar-refractivity contribution in [3.63, 3.8) is 0 Å². The van der Waals surface area contributed by atoms with E-state index in [9.17, 15) is 9.59 Å². The molecule has 0 saturated heterocycles. The van der Waals surface area contributed by atoms with E-state index < -0.39 is 11.6 Å². The minimum atomic E-state index is -0.757. The largest absolute Gasteiger partial charge is 0.454 e. The maximum Gasteiger partial charge on any atom is 0.332 e. The number of benzene rings is 2. The first-order valence-corrected chi connectivity index (χ1v) is 9.37. The van der Waals surface area contributed by atoms with Crippen LogP contribution in [-0.4, -0.2) is 32.2 Å². The van der Waals surface area contributed by atoms with Crippen LogP contribution in [0, 0.1) is 0 Å². The average Bonchev–Trinajstić information content (AvgIpc) is 3.35. The van der Waals surface area contributed by atoms with Gasteiger partial charge in [0, 0.05) is 11.6 Å². The zero-order valence-electron chi connectivity index (χ0n) is 16.0. The Bertz CT molecular complexity index is 1350. The van der Waals surface area contributed by atoms with Gasteiger partial charge in [-0.15, -0.1) is 0 Å². The highest BCUT2D eigenvalue weighted by Gasteiger charge is 2.22. The fourth-order valence-electron chi connectivity index (χ4n) is 3.45. The highest BCUT2D eigenvalue weighted by molar-refractivity contribution is 6.02. The van der Waals surface area contributed by atoms with E-state index in [1.165, 1.54) is 4.57 Å². The Labute approximate surface area is 170 Å². The molecule has 9 heteroatoms. The first kappa shape index (κ1) is 17.9. The highest BCUT2D eigenvalue weighted by atomic mass is 16.7. The van der Waals surface area contributed by atoms with Gasteiger partial charge in [-0.25, -0.2) is 19.3 Å². The van der Waals surface area contributed by atoms with Gasteiger partial charge in [-0.2, -0.15) is 0 Å². The van der Waals surface area contributed by atoms with Crippen molar-refractivity contribution in [3.05, 3.63) is 64.2 Å². The van der Waals surface area contributed by atoms with E-state index in [-0.39, 0.29) is 23.7 Å². The van der Waals surface area contributed by atoms with Crippen LogP contribution >= 0.6 is 0 Å². The lowest BCUT2D eigenvalue weighted by Crippen LogP contribution is -2.15. The van der Waals surface area contributed by atoms with Gasteiger partial charge in [0.05, 0.1) is 5.69 Å². The lowest BCUT2D eigenvalue weighted by atomic mass is 10.1. The first-order chi connectivity index (χ1) is 14.5. The molecule has 0 atom stereocenters. The molecule has 0 fully saturated rings. The molecule has 150 valence electrons. The number of aryl methyl sites for hydroxylation is 1. The van der Waals surface area contributed by atoms with Gasteiger partial charge >= 0.3 is 5.69 Å². The Balaban J connectivity index is 1.75. The normalized spacial score (nSPS) is 12.4. The van der Waals surface area contributed by atoms with E-state index in [1.807, 2.05) is 24.3 Å². The molecule has 0 bridgehead atoms. The van der Waals surface area contributed by atoms with Crippen LogP contribution in [-0.2, 0) is 6.42 Å². The number of hydrogen-bond acceptors (Lipinski definition) is 6. The van der Waals surface area contributed by atoms with Crippen molar-refractivity contribution in [3.8, 4) is 28.6 Å². The van der Waals surface area contributed by atoms with E-state index in [2.05, 4.69) is 21.9 Å². The number of primary amides is 1. The Morgan fingerprint density at radius 2 is 1.90 bits per heavy atom. The SMILES string of the molecule is CCc1ccc(-c2nc(C(N)=O)c3[nH]c(=O)n(-c4ccc5c(c4)OCO5)c3n2)cc1. The van der Waals surface area contributed by atoms with Gasteiger partial charge in [0.1, 0.15) is 5.52 Å². The van der Waals surface area contributed by atoms with Crippen LogP contribution < -0.4 is 20.9 Å². The van der Waals surface area contributed by atoms with Crippen molar-refractivity contribution in [2.24, 2.45) is 5.73 Å². The Morgan fingerprint density at radius 1 is 1.13 bits per heavy atom. The van der Waals surface area contributed by atoms with Crippen LogP contribution in [0.25, 0.3) is 28.2 Å². The summed E-state index contributed by atoms with van der Waals surface area (Å²) in [6.07, 6.45) is 0.897. The number of carbonyl (C=O) groups excluding carboxylic acids is 1. The van der Waals surface area contributed by atoms with Crippen molar-refractivity contribution in [2.75, 3.05) is 6.79 Å². The number of ether oxygens (including phenoxy) is 2. The number of hydrogen-bond donors (Lipinski definition) is 2. The van der Waals surface area contributed by atoms with Crippen molar-refractivity contribution >= 4 is 17.1 Å². The number of carbonyl (C=O) groups is 1. The van der Waals surface area contributed by atoms with E-state index >= 15 is 0 Å². The summed E-state index contributed by atoms with van der Waals surface area (Å²) in [5.41, 5.74) is 7.83. The van der Waals surface area contributed by atoms with Gasteiger partial charge in [0.2, 0.25) is 6.79 Å². The summed E-state index contributed by atoms with van der Waals surface area (Å²) in [4.78, 5) is 36.4. The van der Waals surface area contributed by atoms with Gasteiger partial charge in [0.25, 0.3) is 5.91 Å². The third-order valence-corrected chi connectivity index (χ3v) is 5.00. The van der Waals surface area contributed by atoms with Gasteiger partial charge in [0.15, 0.2) is 28.7 Å². The molecule has 0 radical (unpaired) electrons. The Morgan fingerprint density at radius 3 is 2.63 bits per heavy atom. The molecule has 1 amide bonds. The minimum absolute atomic E-state index is 0.0499. The van der Waals surface area contributed by atoms with E-state index in [1.54, 1.807) is 18.2 Å². The van der Waals surface area contributed by atoms with Gasteiger partial charge in [-0.05, 0) is 24.1 Å². The van der Waals surface area contributed by atoms with E-state index in [0.29, 0.717) is 28.6 Å². The van der Waals surface area contributed by atoms with Crippen LogP contribution in [0.3, 0.4) is 0 Å². The minimum Gasteiger partial charge on any atom is -0.454 e. The summed E-state index contributed by atoms with van der Waals surface area (Å²) in [5.74, 6) is 0.657. The second-order valence-electron chi connectivity index (χ2n) is 6.81. The summed E-state index contributed by atoms with van der Waals surface area (Å²) in [7, 11) is 0. The molecular formula is C21H17N5O4. The number of amides is 1. The zero-order valence-corrected chi connectivity index (χ0v) is 16.0. The van der Waals surface area contributed by atoms with E-state index in [4.69, 9.17) is 15.2 Å². The van der Waals surface area contributed by atoms with Crippen LogP contribution in [0.4, 0.5) is 0 Å². The Hall–Kier alpha value is -4.14. The standard InChI is InChI=1S/C21H17N5O4/c1-2-11-3-5-12(6-4-11)19-23-16(18(22)27)17-20(25-19)26(21(28)24-17)13-7-8-14-15(9-13)30-10-29-14/h3-9H,2,10H2,1H3,(H2,22,27)(H,24,28). The number of fused-ring (bicyclic) bond motifs is 2. The lowest BCUT2D eigenvalue weighted by molar-refractivity contribution is 0.0997. The molecule has 0 saturated carbocycles.